The molecule has 0 radical (unpaired) electrons. The van der Waals surface area contributed by atoms with Crippen molar-refractivity contribution in [3.05, 3.63) is 29.3 Å². The molecule has 1 aromatic rings. The van der Waals surface area contributed by atoms with E-state index in [0.717, 1.165) is 5.56 Å². The number of rotatable bonds is 6. The minimum absolute atomic E-state index is 0.0779. The second-order valence-electron chi connectivity index (χ2n) is 4.01. The molecule has 0 saturated carbocycles. The third-order valence-corrected chi connectivity index (χ3v) is 2.47. The fourth-order valence-corrected chi connectivity index (χ4v) is 1.62. The molecule has 1 rings (SSSR count). The highest BCUT2D eigenvalue weighted by molar-refractivity contribution is 5.95. The molecule has 17 heavy (non-hydrogen) atoms. The first-order valence-electron chi connectivity index (χ1n) is 5.73. The number of carboxylic acid groups (broad SMARTS) is 1. The van der Waals surface area contributed by atoms with Gasteiger partial charge in [-0.1, -0.05) is 12.1 Å². The normalized spacial score (nSPS) is 12.2. The van der Waals surface area contributed by atoms with Crippen molar-refractivity contribution in [2.45, 2.75) is 26.8 Å². The lowest BCUT2D eigenvalue weighted by Crippen LogP contribution is -2.23. The van der Waals surface area contributed by atoms with Gasteiger partial charge in [-0.15, -0.1) is 0 Å². The van der Waals surface area contributed by atoms with Crippen LogP contribution < -0.4 is 5.32 Å². The van der Waals surface area contributed by atoms with Gasteiger partial charge in [-0.3, -0.25) is 0 Å². The van der Waals surface area contributed by atoms with Gasteiger partial charge in [0.15, 0.2) is 0 Å². The van der Waals surface area contributed by atoms with E-state index in [9.17, 15) is 4.79 Å². The van der Waals surface area contributed by atoms with Gasteiger partial charge in [-0.25, -0.2) is 4.79 Å². The summed E-state index contributed by atoms with van der Waals surface area (Å²) >= 11 is 0. The van der Waals surface area contributed by atoms with Crippen molar-refractivity contribution >= 4 is 11.7 Å². The van der Waals surface area contributed by atoms with E-state index >= 15 is 0 Å². The zero-order chi connectivity index (χ0) is 12.8. The molecule has 2 N–H and O–H groups in total. The number of carbonyl (C=O) groups is 1. The SMILES string of the molecule is CCOCC(C)Nc1c(C)cccc1C(=O)O. The van der Waals surface area contributed by atoms with Crippen molar-refractivity contribution in [3.8, 4) is 0 Å². The van der Waals surface area contributed by atoms with Crippen molar-refractivity contribution in [2.75, 3.05) is 18.5 Å². The molecule has 1 atom stereocenters. The Bertz CT molecular complexity index is 390. The number of nitrogens with one attached hydrogen (secondary N) is 1. The van der Waals surface area contributed by atoms with Crippen LogP contribution >= 0.6 is 0 Å². The minimum Gasteiger partial charge on any atom is -0.478 e. The first-order chi connectivity index (χ1) is 8.06. The topological polar surface area (TPSA) is 58.6 Å². The van der Waals surface area contributed by atoms with E-state index in [4.69, 9.17) is 9.84 Å². The van der Waals surface area contributed by atoms with Crippen LogP contribution in [0, 0.1) is 6.92 Å². The van der Waals surface area contributed by atoms with Crippen LogP contribution in [0.1, 0.15) is 29.8 Å². The third-order valence-electron chi connectivity index (χ3n) is 2.47. The fraction of sp³-hybridized carbons (Fsp3) is 0.462. The number of ether oxygens (including phenoxy) is 1. The van der Waals surface area contributed by atoms with Gasteiger partial charge >= 0.3 is 5.97 Å². The third kappa shape index (κ3) is 3.75. The van der Waals surface area contributed by atoms with Crippen LogP contribution in [0.2, 0.25) is 0 Å². The zero-order valence-electron chi connectivity index (χ0n) is 10.5. The van der Waals surface area contributed by atoms with Crippen LogP contribution in [0.4, 0.5) is 5.69 Å². The predicted molar refractivity (Wildman–Crippen MR) is 67.7 cm³/mol. The Balaban J connectivity index is 2.85. The molecule has 0 heterocycles. The van der Waals surface area contributed by atoms with E-state index in [2.05, 4.69) is 5.32 Å². The molecule has 0 aromatic heterocycles. The predicted octanol–water partition coefficient (Wildman–Crippen LogP) is 2.53. The molecule has 0 bridgehead atoms. The van der Waals surface area contributed by atoms with Gasteiger partial charge in [0, 0.05) is 12.6 Å². The molecule has 0 aliphatic heterocycles. The molecule has 4 heteroatoms. The molecule has 0 spiro atoms. The second kappa shape index (κ2) is 6.25. The maximum atomic E-state index is 11.1. The van der Waals surface area contributed by atoms with Crippen molar-refractivity contribution in [1.82, 2.24) is 0 Å². The summed E-state index contributed by atoms with van der Waals surface area (Å²) in [6, 6.07) is 5.32. The lowest BCUT2D eigenvalue weighted by atomic mass is 10.1. The van der Waals surface area contributed by atoms with Crippen molar-refractivity contribution in [3.63, 3.8) is 0 Å². The van der Waals surface area contributed by atoms with Gasteiger partial charge in [0.1, 0.15) is 0 Å². The summed E-state index contributed by atoms with van der Waals surface area (Å²) < 4.78 is 5.30. The van der Waals surface area contributed by atoms with E-state index < -0.39 is 5.97 Å². The summed E-state index contributed by atoms with van der Waals surface area (Å²) in [5.74, 6) is -0.917. The number of aryl methyl sites for hydroxylation is 1. The number of carboxylic acids is 1. The first kappa shape index (κ1) is 13.5. The lowest BCUT2D eigenvalue weighted by Gasteiger charge is -2.18. The Kier molecular flexibility index (Phi) is 4.97. The van der Waals surface area contributed by atoms with Gasteiger partial charge in [0.2, 0.25) is 0 Å². The summed E-state index contributed by atoms with van der Waals surface area (Å²) in [5, 5.41) is 12.3. The highest BCUT2D eigenvalue weighted by Crippen LogP contribution is 2.21. The van der Waals surface area contributed by atoms with E-state index in [-0.39, 0.29) is 6.04 Å². The van der Waals surface area contributed by atoms with Crippen molar-refractivity contribution in [1.29, 1.82) is 0 Å². The van der Waals surface area contributed by atoms with E-state index in [0.29, 0.717) is 24.5 Å². The number of para-hydroxylation sites is 1. The van der Waals surface area contributed by atoms with Crippen LogP contribution in [0.3, 0.4) is 0 Å². The molecule has 0 amide bonds. The molecular formula is C13H19NO3. The maximum Gasteiger partial charge on any atom is 0.337 e. The number of hydrogen-bond acceptors (Lipinski definition) is 3. The fourth-order valence-electron chi connectivity index (χ4n) is 1.62. The monoisotopic (exact) mass is 237 g/mol. The first-order valence-corrected chi connectivity index (χ1v) is 5.73. The molecule has 0 aliphatic rings. The second-order valence-corrected chi connectivity index (χ2v) is 4.01. The van der Waals surface area contributed by atoms with Gasteiger partial charge < -0.3 is 15.2 Å². The summed E-state index contributed by atoms with van der Waals surface area (Å²) in [6.07, 6.45) is 0. The Labute approximate surface area is 102 Å². The number of hydrogen-bond donors (Lipinski definition) is 2. The van der Waals surface area contributed by atoms with Crippen LogP contribution in [-0.2, 0) is 4.74 Å². The number of benzene rings is 1. The van der Waals surface area contributed by atoms with Crippen molar-refractivity contribution in [2.24, 2.45) is 0 Å². The molecule has 0 fully saturated rings. The average molecular weight is 237 g/mol. The Morgan fingerprint density at radius 3 is 2.82 bits per heavy atom. The molecule has 0 saturated heterocycles. The standard InChI is InChI=1S/C13H19NO3/c1-4-17-8-10(3)14-12-9(2)6-5-7-11(12)13(15)16/h5-7,10,14H,4,8H2,1-3H3,(H,15,16). The van der Waals surface area contributed by atoms with Crippen LogP contribution in [0.25, 0.3) is 0 Å². The number of anilines is 1. The summed E-state index contributed by atoms with van der Waals surface area (Å²) in [4.78, 5) is 11.1. The molecule has 0 aliphatic carbocycles. The summed E-state index contributed by atoms with van der Waals surface area (Å²) in [5.41, 5.74) is 1.90. The van der Waals surface area contributed by atoms with E-state index in [1.54, 1.807) is 12.1 Å². The minimum atomic E-state index is -0.917. The molecular weight excluding hydrogens is 218 g/mol. The van der Waals surface area contributed by atoms with Gasteiger partial charge in [0.25, 0.3) is 0 Å². The highest BCUT2D eigenvalue weighted by atomic mass is 16.5. The smallest absolute Gasteiger partial charge is 0.337 e. The summed E-state index contributed by atoms with van der Waals surface area (Å²) in [6.45, 7) is 7.01. The summed E-state index contributed by atoms with van der Waals surface area (Å²) in [7, 11) is 0. The number of aromatic carboxylic acids is 1. The van der Waals surface area contributed by atoms with E-state index in [1.165, 1.54) is 0 Å². The molecule has 4 nitrogen and oxygen atoms in total. The van der Waals surface area contributed by atoms with Gasteiger partial charge in [0.05, 0.1) is 17.9 Å². The highest BCUT2D eigenvalue weighted by Gasteiger charge is 2.13. The van der Waals surface area contributed by atoms with Crippen LogP contribution in [0.15, 0.2) is 18.2 Å². The lowest BCUT2D eigenvalue weighted by molar-refractivity contribution is 0.0697. The van der Waals surface area contributed by atoms with E-state index in [1.807, 2.05) is 26.8 Å². The largest absolute Gasteiger partial charge is 0.478 e. The maximum absolute atomic E-state index is 11.1. The van der Waals surface area contributed by atoms with Crippen LogP contribution in [0.5, 0.6) is 0 Å². The Hall–Kier alpha value is -1.55. The van der Waals surface area contributed by atoms with Gasteiger partial charge in [-0.2, -0.15) is 0 Å². The Morgan fingerprint density at radius 2 is 2.24 bits per heavy atom. The molecule has 94 valence electrons. The quantitative estimate of drug-likeness (QED) is 0.798. The van der Waals surface area contributed by atoms with Crippen LogP contribution in [-0.4, -0.2) is 30.3 Å². The molecule has 1 unspecified atom stereocenters. The zero-order valence-corrected chi connectivity index (χ0v) is 10.5. The van der Waals surface area contributed by atoms with Gasteiger partial charge in [-0.05, 0) is 32.4 Å². The molecule has 1 aromatic carbocycles. The van der Waals surface area contributed by atoms with Crippen molar-refractivity contribution < 1.29 is 14.6 Å². The average Bonchev–Trinajstić information content (AvgIpc) is 2.28. The Morgan fingerprint density at radius 1 is 1.53 bits per heavy atom.